The smallest absolute Gasteiger partial charge is 0.307 e. The van der Waals surface area contributed by atoms with Gasteiger partial charge in [-0.2, -0.15) is 0 Å². The number of ketones is 3. The maximum atomic E-state index is 13.1. The van der Waals surface area contributed by atoms with E-state index in [1.165, 1.54) is 19.5 Å². The number of hydrogen-bond acceptors (Lipinski definition) is 21. The van der Waals surface area contributed by atoms with Gasteiger partial charge < -0.3 is 73.4 Å². The molecule has 137 heavy (non-hydrogen) atoms. The molecule has 31 nitrogen and oxygen atoms in total. The fourth-order valence-electron chi connectivity index (χ4n) is 15.2. The van der Waals surface area contributed by atoms with E-state index >= 15 is 0 Å². The zero-order valence-electron chi connectivity index (χ0n) is 76.6. The van der Waals surface area contributed by atoms with Crippen LogP contribution in [0.2, 0.25) is 0 Å². The van der Waals surface area contributed by atoms with Gasteiger partial charge in [0.15, 0.2) is 17.3 Å². The van der Waals surface area contributed by atoms with Crippen LogP contribution < -0.4 is 32.7 Å². The molecule has 0 saturated carbocycles. The molecule has 1 unspecified atom stereocenters. The molecule has 4 aromatic heterocycles. The highest BCUT2D eigenvalue weighted by Gasteiger charge is 2.34. The molecule has 1 aliphatic heterocycles. The van der Waals surface area contributed by atoms with Crippen molar-refractivity contribution in [3.8, 4) is 41.8 Å². The Morgan fingerprint density at radius 1 is 0.372 bits per heavy atom. The van der Waals surface area contributed by atoms with Gasteiger partial charge >= 0.3 is 41.8 Å². The number of thiophene rings is 4. The van der Waals surface area contributed by atoms with Crippen LogP contribution in [0, 0.1) is 30.6 Å². The molecule has 7 atom stereocenters. The molecule has 35 heteroatoms. The van der Waals surface area contributed by atoms with Crippen molar-refractivity contribution in [3.63, 3.8) is 0 Å². The number of aliphatic carboxylic acids is 7. The minimum Gasteiger partial charge on any atom is -0.481 e. The standard InChI is InChI=1S/C27H27NO6S.C25H30N2O7S.C25H30N2O6S.C25H32N2O5S/c29-23(16-19-3-1-4-20(15-19)17-27(33)34)22(11-13-26(31)32)28-25(30)12-8-18-6-9-21(10-7-18)24-5-2-14-35-24;1-15-2-10-21(35-15)17-6-3-16(4-7-17)5-11-22(29)27-19(9-13-24(32)33)20(28)14-18(25(26)34)8-12-23(30)31;28-22(11-7-17-5-8-19(9-6-17)21-4-2-14-34-21)26-20(10-12-23(29)30)25(33)27-13-1-3-18(16-27)15-24(31)32;1-16(2)14-19(25(26)32)15-21(28)20(10-12-24(30)31)27-23(29)11-7-17-5-8-18(9-6-17)22-4-3-13-33-22/h1-7,9-10,14-15,22H,8,11-13,16-17H2,(H,28,30)(H,31,32)(H,33,34);2-4,6-7,10,18-19H,5,8-9,11-14H2,1H3,(H2,26,34)(H,27,29)(H,30,31)(H,32,33);2,4-6,8-9,14,18,20H,1,3,7,10-13,15-16H2,(H,26,28)(H,29,30)(H,31,32);3-6,8-9,13,16,19-20H,7,10-12,14-15H2,1-2H3,(H2,26,32)(H,27,29)(H,30,31)/t22-;18-,19+;18?,20-;19-,20+/m0101/s1. The van der Waals surface area contributed by atoms with Crippen LogP contribution in [-0.4, -0.2) is 178 Å². The lowest BCUT2D eigenvalue weighted by Crippen LogP contribution is -2.51. The van der Waals surface area contributed by atoms with Gasteiger partial charge in [-0.3, -0.25) is 81.5 Å². The number of piperidine rings is 1. The molecule has 0 bridgehead atoms. The Morgan fingerprint density at radius 2 is 0.723 bits per heavy atom. The fraction of sp³-hybridized carbons (Fsp3) is 0.382. The number of hydrogen-bond donors (Lipinski definition) is 13. The first-order chi connectivity index (χ1) is 65.3. The Labute approximate surface area is 810 Å². The molecular formula is C102H119N7O24S4. The number of aryl methyl sites for hydroxylation is 5. The van der Waals surface area contributed by atoms with Crippen molar-refractivity contribution >= 4 is 146 Å². The maximum absolute atomic E-state index is 13.1. The number of nitrogens with one attached hydrogen (secondary N) is 4. The van der Waals surface area contributed by atoms with Crippen LogP contribution in [-0.2, 0) is 120 Å². The number of carbonyl (C=O) groups is 17. The third-order valence-corrected chi connectivity index (χ3v) is 26.2. The molecule has 1 aliphatic rings. The van der Waals surface area contributed by atoms with Crippen LogP contribution in [0.3, 0.4) is 0 Å². The van der Waals surface area contributed by atoms with Crippen LogP contribution in [0.5, 0.6) is 0 Å². The number of carboxylic acids is 7. The summed E-state index contributed by atoms with van der Waals surface area (Å²) >= 11 is 6.67. The largest absolute Gasteiger partial charge is 0.481 e. The molecule has 730 valence electrons. The molecule has 9 aromatic rings. The second-order valence-electron chi connectivity index (χ2n) is 33.9. The molecule has 0 radical (unpaired) electrons. The summed E-state index contributed by atoms with van der Waals surface area (Å²) in [6.45, 7) is 6.68. The van der Waals surface area contributed by atoms with E-state index in [1.807, 2.05) is 170 Å². The summed E-state index contributed by atoms with van der Waals surface area (Å²) in [6.07, 6.45) is 2.00. The van der Waals surface area contributed by atoms with E-state index in [0.29, 0.717) is 62.7 Å². The van der Waals surface area contributed by atoms with Gasteiger partial charge in [0.1, 0.15) is 6.04 Å². The summed E-state index contributed by atoms with van der Waals surface area (Å²) in [5.41, 5.74) is 20.3. The second-order valence-corrected chi connectivity index (χ2v) is 38.0. The molecule has 10 rings (SSSR count). The zero-order chi connectivity index (χ0) is 100. The topological polar surface area (TPSA) is 535 Å². The van der Waals surface area contributed by atoms with Gasteiger partial charge in [-0.05, 0) is 198 Å². The van der Waals surface area contributed by atoms with Gasteiger partial charge in [0.2, 0.25) is 41.4 Å². The average molecular weight is 1960 g/mol. The third-order valence-electron chi connectivity index (χ3n) is 22.4. The van der Waals surface area contributed by atoms with E-state index in [-0.39, 0.29) is 169 Å². The summed E-state index contributed by atoms with van der Waals surface area (Å²) in [4.78, 5) is 210. The van der Waals surface area contributed by atoms with Crippen LogP contribution in [0.4, 0.5) is 0 Å². The van der Waals surface area contributed by atoms with Gasteiger partial charge in [-0.15, -0.1) is 45.3 Å². The van der Waals surface area contributed by atoms with E-state index in [0.717, 1.165) is 55.8 Å². The fourth-order valence-corrected chi connectivity index (χ4v) is 18.2. The lowest BCUT2D eigenvalue weighted by molar-refractivity contribution is -0.143. The SMILES string of the molecule is CC(C)C[C@H](CC(=O)[C@H](CCC(=O)O)NC(=O)CCc1ccc(-c2cccs2)cc1)C(N)=O.Cc1ccc(-c2ccc(CCC(=O)N[C@@H](CCC(=O)O)C(=O)C[C@@H](CCC(=O)O)C(N)=O)cc2)s1.O=C(O)CC[C@H](NC(=O)CCc1ccc(-c2cccs2)cc1)C(=O)Cc1cccc(CC(=O)O)c1.O=C(O)CC[C@H](NC(=O)CCc1ccc(-c2cccs2)cc1)C(=O)N1CCCC(CC(=O)O)C1. The Kier molecular flexibility index (Phi) is 46.8. The Hall–Kier alpha value is -13.5. The number of nitrogens with two attached hydrogens (primary N) is 2. The molecule has 15 N–H and O–H groups in total. The van der Waals surface area contributed by atoms with Gasteiger partial charge in [-0.1, -0.05) is 153 Å². The van der Waals surface area contributed by atoms with Crippen molar-refractivity contribution in [2.45, 2.75) is 212 Å². The number of likely N-dealkylation sites (tertiary alicyclic amines) is 1. The number of amides is 7. The number of carboxylic acid groups (broad SMARTS) is 7. The van der Waals surface area contributed by atoms with E-state index in [1.54, 1.807) is 74.5 Å². The molecule has 1 fully saturated rings. The van der Waals surface area contributed by atoms with Gasteiger partial charge in [0, 0.05) is 133 Å². The second kappa shape index (κ2) is 58.0. The molecule has 0 aliphatic carbocycles. The van der Waals surface area contributed by atoms with E-state index < -0.39 is 101 Å². The third kappa shape index (κ3) is 42.1. The number of nitrogens with zero attached hydrogens (tertiary/aromatic N) is 1. The molecule has 5 aromatic carbocycles. The van der Waals surface area contributed by atoms with E-state index in [2.05, 4.69) is 33.4 Å². The normalized spacial score (nSPS) is 13.3. The van der Waals surface area contributed by atoms with Crippen molar-refractivity contribution in [2.24, 2.45) is 35.1 Å². The van der Waals surface area contributed by atoms with Crippen molar-refractivity contribution in [3.05, 3.63) is 224 Å². The number of carbonyl (C=O) groups excluding carboxylic acids is 10. The maximum Gasteiger partial charge on any atom is 0.307 e. The monoisotopic (exact) mass is 1950 g/mol. The van der Waals surface area contributed by atoms with Crippen molar-refractivity contribution in [1.82, 2.24) is 26.2 Å². The van der Waals surface area contributed by atoms with Crippen LogP contribution >= 0.6 is 45.3 Å². The Bertz CT molecular complexity index is 5510. The molecule has 1 saturated heterocycles. The Balaban J connectivity index is 0.000000249. The molecule has 0 spiro atoms. The summed E-state index contributed by atoms with van der Waals surface area (Å²) < 4.78 is 0. The highest BCUT2D eigenvalue weighted by molar-refractivity contribution is 7.15. The first-order valence-corrected chi connectivity index (χ1v) is 48.5. The Morgan fingerprint density at radius 3 is 1.06 bits per heavy atom. The van der Waals surface area contributed by atoms with Crippen LogP contribution in [0.25, 0.3) is 41.8 Å². The van der Waals surface area contributed by atoms with Gasteiger partial charge in [-0.25, -0.2) is 0 Å². The van der Waals surface area contributed by atoms with Crippen LogP contribution in [0.15, 0.2) is 186 Å². The summed E-state index contributed by atoms with van der Waals surface area (Å²) in [5.74, 6) is -13.2. The summed E-state index contributed by atoms with van der Waals surface area (Å²) in [7, 11) is 0. The highest BCUT2D eigenvalue weighted by Crippen LogP contribution is 2.32. The quantitative estimate of drug-likeness (QED) is 0.0168. The summed E-state index contributed by atoms with van der Waals surface area (Å²) in [5, 5.41) is 79.7. The lowest BCUT2D eigenvalue weighted by Gasteiger charge is -2.34. The first-order valence-electron chi connectivity index (χ1n) is 45.1. The van der Waals surface area contributed by atoms with Crippen molar-refractivity contribution in [2.75, 3.05) is 13.1 Å². The minimum atomic E-state index is -1.13. The minimum absolute atomic E-state index is 0.00445. The average Bonchev–Trinajstić information content (AvgIpc) is 1.69. The van der Waals surface area contributed by atoms with E-state index in [4.69, 9.17) is 47.2 Å². The number of primary amides is 2. The van der Waals surface area contributed by atoms with Gasteiger partial charge in [0.05, 0.1) is 24.5 Å². The zero-order valence-corrected chi connectivity index (χ0v) is 79.9. The molecular weight excluding hydrogens is 1840 g/mol. The first kappa shape index (κ1) is 110. The predicted octanol–water partition coefficient (Wildman–Crippen LogP) is 14.3. The number of Topliss-reactive ketones (excluding diaryl/α,β-unsaturated/α-hetero) is 3. The molecule has 5 heterocycles. The van der Waals surface area contributed by atoms with Crippen molar-refractivity contribution < 1.29 is 117 Å². The predicted molar refractivity (Wildman–Crippen MR) is 521 cm³/mol. The highest BCUT2D eigenvalue weighted by atomic mass is 32.1. The van der Waals surface area contributed by atoms with E-state index in [9.17, 15) is 81.5 Å². The van der Waals surface area contributed by atoms with Gasteiger partial charge in [0.25, 0.3) is 0 Å². The van der Waals surface area contributed by atoms with Crippen molar-refractivity contribution in [1.29, 1.82) is 0 Å². The molecule has 7 amide bonds. The summed E-state index contributed by atoms with van der Waals surface area (Å²) in [6, 6.07) is 50.8. The number of benzene rings is 5. The lowest BCUT2D eigenvalue weighted by atomic mass is 9.89. The van der Waals surface area contributed by atoms with Crippen LogP contribution in [0.1, 0.15) is 181 Å². The number of rotatable bonds is 53.